The van der Waals surface area contributed by atoms with Gasteiger partial charge < -0.3 is 41.1 Å². The van der Waals surface area contributed by atoms with E-state index in [1.165, 1.54) is 38.1 Å². The normalized spacial score (nSPS) is 26.5. The Morgan fingerprint density at radius 2 is 1.38 bits per heavy atom. The van der Waals surface area contributed by atoms with Crippen molar-refractivity contribution in [2.45, 2.75) is 155 Å². The first-order chi connectivity index (χ1) is 23.6. The number of unbranched alkanes of at least 4 members (excludes halogenated alkanes) is 7. The minimum Gasteiger partial charge on any atom is -0.460 e. The van der Waals surface area contributed by atoms with Gasteiger partial charge in [0.25, 0.3) is 0 Å². The number of ether oxygens (including phenoxy) is 1. The van der Waals surface area contributed by atoms with Crippen molar-refractivity contribution in [3.8, 4) is 0 Å². The Hall–Kier alpha value is -3.26. The summed E-state index contributed by atoms with van der Waals surface area (Å²) in [5.41, 5.74) is 0. The van der Waals surface area contributed by atoms with Gasteiger partial charge in [-0.1, -0.05) is 92.9 Å². The predicted molar refractivity (Wildman–Crippen MR) is 189 cm³/mol. The van der Waals surface area contributed by atoms with Gasteiger partial charge in [-0.15, -0.1) is 0 Å². The Kier molecular flexibility index (Phi) is 20.8. The van der Waals surface area contributed by atoms with E-state index in [1.807, 2.05) is 20.8 Å². The second kappa shape index (κ2) is 23.3. The summed E-state index contributed by atoms with van der Waals surface area (Å²) in [5.74, 6) is -5.63. The fourth-order valence-electron chi connectivity index (χ4n) is 5.96. The highest BCUT2D eigenvalue weighted by molar-refractivity contribution is 5.96. The molecule has 0 aromatic rings. The number of carbonyl (C=O) groups excluding carboxylic acids is 6. The molecule has 0 spiro atoms. The lowest BCUT2D eigenvalue weighted by Gasteiger charge is -2.34. The quantitative estimate of drug-likeness (QED) is 0.108. The standard InChI is InChI=1S/C36H65N5O9/c1-9-11-12-13-14-15-16-17-18-28-24(6)36(49)41(8)27(19-22(3)4)33(46)39-30(23(5)10-2)35(48)38-26(21-42)32(45)40-31(25(7)43)34(47)37-20-29(44)50-28/h22-28,30-31,42-43H,9-21H2,1-8H3,(H,37,47)(H,38,48)(H,39,46)(H,40,45)/t23-,24-,25+,26+,27+,28+,30+,31-/m1/s1. The van der Waals surface area contributed by atoms with E-state index in [0.717, 1.165) is 25.7 Å². The summed E-state index contributed by atoms with van der Waals surface area (Å²) in [7, 11) is 1.52. The first kappa shape index (κ1) is 44.8. The molecule has 0 aromatic heterocycles. The number of hydrogen-bond acceptors (Lipinski definition) is 9. The van der Waals surface area contributed by atoms with Crippen LogP contribution in [-0.4, -0.2) is 107 Å². The van der Waals surface area contributed by atoms with Crippen molar-refractivity contribution in [1.29, 1.82) is 0 Å². The number of likely N-dealkylation sites (N-methyl/N-ethyl adjacent to an activating group) is 1. The van der Waals surface area contributed by atoms with Gasteiger partial charge in [0, 0.05) is 7.05 Å². The molecule has 1 aliphatic heterocycles. The van der Waals surface area contributed by atoms with Crippen molar-refractivity contribution in [2.75, 3.05) is 20.2 Å². The smallest absolute Gasteiger partial charge is 0.325 e. The molecule has 50 heavy (non-hydrogen) atoms. The van der Waals surface area contributed by atoms with Crippen LogP contribution < -0.4 is 21.3 Å². The highest BCUT2D eigenvalue weighted by Crippen LogP contribution is 2.22. The maximum atomic E-state index is 14.0. The van der Waals surface area contributed by atoms with E-state index in [4.69, 9.17) is 4.74 Å². The second-order valence-corrected chi connectivity index (χ2v) is 14.2. The summed E-state index contributed by atoms with van der Waals surface area (Å²) in [6, 6.07) is -5.15. The molecule has 1 fully saturated rings. The lowest BCUT2D eigenvalue weighted by molar-refractivity contribution is -0.157. The summed E-state index contributed by atoms with van der Waals surface area (Å²) in [6.07, 6.45) is 7.29. The zero-order valence-electron chi connectivity index (χ0n) is 31.6. The fourth-order valence-corrected chi connectivity index (χ4v) is 5.96. The molecule has 1 heterocycles. The third-order valence-electron chi connectivity index (χ3n) is 9.46. The summed E-state index contributed by atoms with van der Waals surface area (Å²) in [6.45, 7) is 11.0. The van der Waals surface area contributed by atoms with Crippen LogP contribution >= 0.6 is 0 Å². The molecule has 14 heteroatoms. The molecule has 0 aromatic carbocycles. The van der Waals surface area contributed by atoms with E-state index in [2.05, 4.69) is 28.2 Å². The molecule has 1 aliphatic rings. The number of hydrogen-bond donors (Lipinski definition) is 6. The van der Waals surface area contributed by atoms with Gasteiger partial charge >= 0.3 is 5.97 Å². The van der Waals surface area contributed by atoms with Crippen molar-refractivity contribution in [3.63, 3.8) is 0 Å². The number of nitrogens with zero attached hydrogens (tertiary/aromatic N) is 1. The van der Waals surface area contributed by atoms with Crippen molar-refractivity contribution >= 4 is 35.5 Å². The molecule has 5 amide bonds. The molecule has 0 radical (unpaired) electrons. The van der Waals surface area contributed by atoms with Gasteiger partial charge in [0.1, 0.15) is 36.8 Å². The Morgan fingerprint density at radius 3 is 1.92 bits per heavy atom. The van der Waals surface area contributed by atoms with Crippen LogP contribution in [-0.2, 0) is 33.5 Å². The monoisotopic (exact) mass is 711 g/mol. The SMILES string of the molecule is CCCCCCCCCC[C@@H]1OC(=O)CNC(=O)[C@@H]([C@H](C)O)NC(=O)[C@H](CO)NC(=O)[C@H]([C@H](C)CC)NC(=O)[C@H](CC(C)C)N(C)C(=O)[C@@H]1C. The average Bonchev–Trinajstić information content (AvgIpc) is 3.07. The van der Waals surface area contributed by atoms with Crippen LogP contribution in [0.4, 0.5) is 0 Å². The number of amides is 5. The van der Waals surface area contributed by atoms with Crippen molar-refractivity contribution in [3.05, 3.63) is 0 Å². The maximum Gasteiger partial charge on any atom is 0.325 e. The summed E-state index contributed by atoms with van der Waals surface area (Å²) >= 11 is 0. The third-order valence-corrected chi connectivity index (χ3v) is 9.46. The van der Waals surface area contributed by atoms with Gasteiger partial charge in [0.2, 0.25) is 29.5 Å². The molecule has 1 saturated heterocycles. The van der Waals surface area contributed by atoms with Gasteiger partial charge in [-0.25, -0.2) is 0 Å². The van der Waals surface area contributed by atoms with Crippen LogP contribution in [0, 0.1) is 17.8 Å². The van der Waals surface area contributed by atoms with Crippen LogP contribution in [0.15, 0.2) is 0 Å². The minimum absolute atomic E-state index is 0.00678. The van der Waals surface area contributed by atoms with Crippen LogP contribution in [0.2, 0.25) is 0 Å². The van der Waals surface area contributed by atoms with Gasteiger partial charge in [0.05, 0.1) is 18.6 Å². The number of rotatable bonds is 15. The van der Waals surface area contributed by atoms with Gasteiger partial charge in [0.15, 0.2) is 0 Å². The lowest BCUT2D eigenvalue weighted by Crippen LogP contribution is -2.61. The van der Waals surface area contributed by atoms with Gasteiger partial charge in [-0.05, 0) is 38.0 Å². The van der Waals surface area contributed by atoms with E-state index in [1.54, 1.807) is 13.8 Å². The molecule has 8 atom stereocenters. The topological polar surface area (TPSA) is 203 Å². The summed E-state index contributed by atoms with van der Waals surface area (Å²) in [5, 5.41) is 30.2. The van der Waals surface area contributed by atoms with E-state index >= 15 is 0 Å². The average molecular weight is 712 g/mol. The Morgan fingerprint density at radius 1 is 0.800 bits per heavy atom. The molecular weight excluding hydrogens is 646 g/mol. The van der Waals surface area contributed by atoms with E-state index in [0.29, 0.717) is 19.3 Å². The fraction of sp³-hybridized carbons (Fsp3) is 0.833. The molecule has 0 bridgehead atoms. The highest BCUT2D eigenvalue weighted by Gasteiger charge is 2.38. The Balaban J connectivity index is 3.50. The number of nitrogens with one attached hydrogen (secondary N) is 4. The van der Waals surface area contributed by atoms with Gasteiger partial charge in [-0.3, -0.25) is 28.8 Å². The molecule has 288 valence electrons. The van der Waals surface area contributed by atoms with Crippen molar-refractivity contribution < 1.29 is 43.7 Å². The zero-order chi connectivity index (χ0) is 38.0. The predicted octanol–water partition coefficient (Wildman–Crippen LogP) is 1.94. The van der Waals surface area contributed by atoms with Crippen LogP contribution in [0.5, 0.6) is 0 Å². The first-order valence-corrected chi connectivity index (χ1v) is 18.5. The van der Waals surface area contributed by atoms with Crippen LogP contribution in [0.1, 0.15) is 119 Å². The largest absolute Gasteiger partial charge is 0.460 e. The molecule has 0 saturated carbocycles. The summed E-state index contributed by atoms with van der Waals surface area (Å²) in [4.78, 5) is 81.9. The Labute approximate surface area is 298 Å². The maximum absolute atomic E-state index is 14.0. The highest BCUT2D eigenvalue weighted by atomic mass is 16.5. The molecule has 0 unspecified atom stereocenters. The van der Waals surface area contributed by atoms with E-state index < -0.39 is 96.9 Å². The Bertz CT molecular complexity index is 1100. The minimum atomic E-state index is -1.53. The summed E-state index contributed by atoms with van der Waals surface area (Å²) < 4.78 is 5.79. The number of aliphatic hydroxyl groups is 2. The molecule has 14 nitrogen and oxygen atoms in total. The van der Waals surface area contributed by atoms with Crippen LogP contribution in [0.3, 0.4) is 0 Å². The molecule has 1 rings (SSSR count). The van der Waals surface area contributed by atoms with E-state index in [-0.39, 0.29) is 12.3 Å². The van der Waals surface area contributed by atoms with Crippen molar-refractivity contribution in [1.82, 2.24) is 26.2 Å². The number of carbonyl (C=O) groups is 6. The van der Waals surface area contributed by atoms with Gasteiger partial charge in [-0.2, -0.15) is 0 Å². The number of cyclic esters (lactones) is 1. The van der Waals surface area contributed by atoms with Crippen LogP contribution in [0.25, 0.3) is 0 Å². The second-order valence-electron chi connectivity index (χ2n) is 14.2. The van der Waals surface area contributed by atoms with Crippen molar-refractivity contribution in [2.24, 2.45) is 17.8 Å². The molecule has 6 N–H and O–H groups in total. The number of aliphatic hydroxyl groups excluding tert-OH is 2. The first-order valence-electron chi connectivity index (χ1n) is 18.5. The molecular formula is C36H65N5O9. The zero-order valence-corrected chi connectivity index (χ0v) is 31.6. The molecule has 0 aliphatic carbocycles. The number of esters is 1. The lowest BCUT2D eigenvalue weighted by atomic mass is 9.94. The third kappa shape index (κ3) is 14.9. The van der Waals surface area contributed by atoms with E-state index in [9.17, 15) is 39.0 Å².